The first-order chi connectivity index (χ1) is 14.9. The van der Waals surface area contributed by atoms with Gasteiger partial charge in [-0.2, -0.15) is 0 Å². The Bertz CT molecular complexity index is 907. The van der Waals surface area contributed by atoms with Crippen LogP contribution >= 0.6 is 0 Å². The fraction of sp³-hybridized carbons (Fsp3) is 0.591. The summed E-state index contributed by atoms with van der Waals surface area (Å²) in [6.45, 7) is 4.90. The third kappa shape index (κ3) is 3.93. The molecule has 1 aromatic rings. The standard InChI is InChI=1S/C22H27FN4O4/c1-13(28)24-7-18-12-27(22(30)31-18)17-4-5-20(19(23)6-17)25-8-15-10-26(11-16(15)9-25)21(29)14-2-3-14/h4-6,14-16,18H,2-3,7-12H2,1H3,(H,24,28)/t15-,16+,18-/m0/s1. The molecule has 4 fully saturated rings. The van der Waals surface area contributed by atoms with Crippen LogP contribution in [0.2, 0.25) is 0 Å². The van der Waals surface area contributed by atoms with E-state index in [9.17, 15) is 18.8 Å². The van der Waals surface area contributed by atoms with Gasteiger partial charge < -0.3 is 19.9 Å². The largest absolute Gasteiger partial charge is 0.442 e. The Morgan fingerprint density at radius 1 is 1.13 bits per heavy atom. The summed E-state index contributed by atoms with van der Waals surface area (Å²) in [7, 11) is 0. The molecule has 3 atom stereocenters. The Kier molecular flexibility index (Phi) is 4.98. The van der Waals surface area contributed by atoms with Crippen molar-refractivity contribution < 1.29 is 23.5 Å². The Balaban J connectivity index is 1.21. The van der Waals surface area contributed by atoms with Gasteiger partial charge in [0.1, 0.15) is 11.9 Å². The van der Waals surface area contributed by atoms with E-state index in [0.29, 0.717) is 29.1 Å². The summed E-state index contributed by atoms with van der Waals surface area (Å²) in [5.74, 6) is 0.734. The quantitative estimate of drug-likeness (QED) is 0.767. The minimum Gasteiger partial charge on any atom is -0.442 e. The summed E-state index contributed by atoms with van der Waals surface area (Å²) in [5, 5.41) is 2.63. The Morgan fingerprint density at radius 3 is 2.45 bits per heavy atom. The number of amides is 3. The van der Waals surface area contributed by atoms with Crippen LogP contribution in [0.15, 0.2) is 18.2 Å². The Morgan fingerprint density at radius 2 is 1.84 bits per heavy atom. The molecule has 166 valence electrons. The van der Waals surface area contributed by atoms with Gasteiger partial charge in [0.25, 0.3) is 0 Å². The first-order valence-electron chi connectivity index (χ1n) is 10.9. The second kappa shape index (κ2) is 7.69. The lowest BCUT2D eigenvalue weighted by atomic mass is 10.0. The van der Waals surface area contributed by atoms with Gasteiger partial charge in [-0.15, -0.1) is 0 Å². The second-order valence-electron chi connectivity index (χ2n) is 9.13. The van der Waals surface area contributed by atoms with Crippen LogP contribution in [0.25, 0.3) is 0 Å². The number of fused-ring (bicyclic) bond motifs is 1. The molecule has 1 aliphatic carbocycles. The first-order valence-corrected chi connectivity index (χ1v) is 10.9. The molecule has 0 aromatic heterocycles. The molecule has 3 amide bonds. The molecule has 3 aliphatic heterocycles. The molecule has 0 unspecified atom stereocenters. The summed E-state index contributed by atoms with van der Waals surface area (Å²) in [4.78, 5) is 41.0. The number of rotatable bonds is 5. The highest BCUT2D eigenvalue weighted by Gasteiger charge is 2.45. The normalized spacial score (nSPS) is 27.5. The highest BCUT2D eigenvalue weighted by molar-refractivity contribution is 5.90. The van der Waals surface area contributed by atoms with Crippen LogP contribution in [0.5, 0.6) is 0 Å². The molecule has 31 heavy (non-hydrogen) atoms. The smallest absolute Gasteiger partial charge is 0.414 e. The van der Waals surface area contributed by atoms with Gasteiger partial charge in [0.05, 0.1) is 24.5 Å². The number of carbonyl (C=O) groups excluding carboxylic acids is 3. The third-order valence-corrected chi connectivity index (χ3v) is 6.76. The van der Waals surface area contributed by atoms with Crippen LogP contribution in [-0.4, -0.2) is 68.2 Å². The summed E-state index contributed by atoms with van der Waals surface area (Å²) in [5.41, 5.74) is 0.970. The average Bonchev–Trinajstić information content (AvgIpc) is 3.23. The van der Waals surface area contributed by atoms with Gasteiger partial charge in [0.15, 0.2) is 0 Å². The van der Waals surface area contributed by atoms with Crippen molar-refractivity contribution >= 4 is 29.3 Å². The van der Waals surface area contributed by atoms with Gasteiger partial charge in [0.2, 0.25) is 11.8 Å². The van der Waals surface area contributed by atoms with E-state index in [0.717, 1.165) is 39.0 Å². The maximum atomic E-state index is 15.0. The highest BCUT2D eigenvalue weighted by Crippen LogP contribution is 2.39. The van der Waals surface area contributed by atoms with Crippen LogP contribution in [0, 0.1) is 23.6 Å². The summed E-state index contributed by atoms with van der Waals surface area (Å²) in [6, 6.07) is 4.82. The topological polar surface area (TPSA) is 82.2 Å². The molecule has 1 N–H and O–H groups in total. The van der Waals surface area contributed by atoms with E-state index >= 15 is 0 Å². The van der Waals surface area contributed by atoms with Crippen LogP contribution < -0.4 is 15.1 Å². The van der Waals surface area contributed by atoms with Crippen LogP contribution in [0.1, 0.15) is 19.8 Å². The fourth-order valence-corrected chi connectivity index (χ4v) is 4.97. The number of anilines is 2. The predicted molar refractivity (Wildman–Crippen MR) is 111 cm³/mol. The molecule has 1 aromatic carbocycles. The molecule has 1 saturated carbocycles. The lowest BCUT2D eigenvalue weighted by Gasteiger charge is -2.24. The molecule has 0 radical (unpaired) electrons. The molecule has 3 heterocycles. The van der Waals surface area contributed by atoms with Crippen molar-refractivity contribution in [2.75, 3.05) is 49.1 Å². The summed E-state index contributed by atoms with van der Waals surface area (Å²) >= 11 is 0. The fourth-order valence-electron chi connectivity index (χ4n) is 4.97. The zero-order chi connectivity index (χ0) is 21.7. The SMILES string of the molecule is CC(=O)NC[C@H]1CN(c2ccc(N3C[C@H]4CN(C(=O)C5CC5)C[C@H]4C3)c(F)c2)C(=O)O1. The average molecular weight is 430 g/mol. The van der Waals surface area contributed by atoms with E-state index in [2.05, 4.69) is 10.2 Å². The molecule has 4 aliphatic rings. The summed E-state index contributed by atoms with van der Waals surface area (Å²) < 4.78 is 20.2. The predicted octanol–water partition coefficient (Wildman–Crippen LogP) is 1.59. The molecule has 8 nitrogen and oxygen atoms in total. The van der Waals surface area contributed by atoms with E-state index < -0.39 is 12.2 Å². The Labute approximate surface area is 180 Å². The number of nitrogens with zero attached hydrogens (tertiary/aromatic N) is 3. The summed E-state index contributed by atoms with van der Waals surface area (Å²) in [6.07, 6.45) is 1.04. The number of hydrogen-bond donors (Lipinski definition) is 1. The number of hydrogen-bond acceptors (Lipinski definition) is 5. The van der Waals surface area contributed by atoms with Crippen molar-refractivity contribution in [1.29, 1.82) is 0 Å². The maximum absolute atomic E-state index is 15.0. The molecular weight excluding hydrogens is 403 g/mol. The molecule has 0 bridgehead atoms. The zero-order valence-electron chi connectivity index (χ0n) is 17.6. The number of cyclic esters (lactones) is 1. The third-order valence-electron chi connectivity index (χ3n) is 6.76. The van der Waals surface area contributed by atoms with Gasteiger partial charge in [-0.05, 0) is 31.0 Å². The second-order valence-corrected chi connectivity index (χ2v) is 9.13. The van der Waals surface area contributed by atoms with Gasteiger partial charge in [-0.25, -0.2) is 9.18 Å². The van der Waals surface area contributed by atoms with Crippen molar-refractivity contribution in [1.82, 2.24) is 10.2 Å². The van der Waals surface area contributed by atoms with Crippen molar-refractivity contribution in [3.05, 3.63) is 24.0 Å². The number of halogens is 1. The van der Waals surface area contributed by atoms with E-state index in [1.54, 1.807) is 12.1 Å². The molecule has 0 spiro atoms. The lowest BCUT2D eigenvalue weighted by Crippen LogP contribution is -2.34. The Hall–Kier alpha value is -2.84. The maximum Gasteiger partial charge on any atom is 0.414 e. The van der Waals surface area contributed by atoms with Gasteiger partial charge in [-0.3, -0.25) is 14.5 Å². The molecular formula is C22H27FN4O4. The molecule has 3 saturated heterocycles. The molecule has 9 heteroatoms. The number of carbonyl (C=O) groups is 3. The minimum absolute atomic E-state index is 0.194. The number of benzene rings is 1. The van der Waals surface area contributed by atoms with E-state index in [1.807, 2.05) is 4.90 Å². The zero-order valence-corrected chi connectivity index (χ0v) is 17.6. The first kappa shape index (κ1) is 20.1. The number of likely N-dealkylation sites (tertiary alicyclic amines) is 1. The number of nitrogens with one attached hydrogen (secondary N) is 1. The number of ether oxygens (including phenoxy) is 1. The minimum atomic E-state index is -0.543. The van der Waals surface area contributed by atoms with Crippen molar-refractivity contribution in [2.45, 2.75) is 25.9 Å². The van der Waals surface area contributed by atoms with Crippen LogP contribution in [-0.2, 0) is 14.3 Å². The van der Waals surface area contributed by atoms with Gasteiger partial charge >= 0.3 is 6.09 Å². The van der Waals surface area contributed by atoms with Crippen molar-refractivity contribution in [2.24, 2.45) is 17.8 Å². The van der Waals surface area contributed by atoms with Gasteiger partial charge in [-0.1, -0.05) is 0 Å². The van der Waals surface area contributed by atoms with Crippen molar-refractivity contribution in [3.8, 4) is 0 Å². The molecule has 5 rings (SSSR count). The van der Waals surface area contributed by atoms with Crippen LogP contribution in [0.3, 0.4) is 0 Å². The van der Waals surface area contributed by atoms with Crippen LogP contribution in [0.4, 0.5) is 20.6 Å². The van der Waals surface area contributed by atoms with E-state index in [4.69, 9.17) is 4.74 Å². The lowest BCUT2D eigenvalue weighted by molar-refractivity contribution is -0.131. The highest BCUT2D eigenvalue weighted by atomic mass is 19.1. The van der Waals surface area contributed by atoms with Gasteiger partial charge in [0, 0.05) is 50.9 Å². The van der Waals surface area contributed by atoms with E-state index in [-0.39, 0.29) is 30.7 Å². The van der Waals surface area contributed by atoms with E-state index in [1.165, 1.54) is 17.9 Å². The monoisotopic (exact) mass is 430 g/mol. The van der Waals surface area contributed by atoms with Crippen molar-refractivity contribution in [3.63, 3.8) is 0 Å².